The van der Waals surface area contributed by atoms with Crippen LogP contribution in [0.25, 0.3) is 0 Å². The van der Waals surface area contributed by atoms with E-state index in [1.54, 1.807) is 14.2 Å². The zero-order valence-electron chi connectivity index (χ0n) is 13.9. The molecule has 1 aromatic rings. The van der Waals surface area contributed by atoms with Crippen molar-refractivity contribution in [1.29, 1.82) is 0 Å². The van der Waals surface area contributed by atoms with Crippen molar-refractivity contribution in [3.8, 4) is 11.5 Å². The van der Waals surface area contributed by atoms with Crippen LogP contribution in [0, 0.1) is 0 Å². The number of anilines is 1. The SMILES string of the molecule is COc1ccc(OC)c(N2CCC(N3CCCCC3)CC2)c1. The molecule has 0 aromatic heterocycles. The number of nitrogens with zero attached hydrogens (tertiary/aromatic N) is 2. The van der Waals surface area contributed by atoms with E-state index in [1.807, 2.05) is 12.1 Å². The molecule has 22 heavy (non-hydrogen) atoms. The molecule has 0 radical (unpaired) electrons. The summed E-state index contributed by atoms with van der Waals surface area (Å²) in [7, 11) is 3.46. The second-order valence-electron chi connectivity index (χ2n) is 6.35. The molecular formula is C18H28N2O2. The number of rotatable bonds is 4. The van der Waals surface area contributed by atoms with Gasteiger partial charge in [-0.05, 0) is 50.9 Å². The number of benzene rings is 1. The Bertz CT molecular complexity index is 478. The molecule has 0 atom stereocenters. The highest BCUT2D eigenvalue weighted by Gasteiger charge is 2.26. The predicted molar refractivity (Wildman–Crippen MR) is 90.2 cm³/mol. The van der Waals surface area contributed by atoms with Gasteiger partial charge in [-0.3, -0.25) is 0 Å². The summed E-state index contributed by atoms with van der Waals surface area (Å²) in [6.07, 6.45) is 6.67. The van der Waals surface area contributed by atoms with Gasteiger partial charge in [0.05, 0.1) is 19.9 Å². The molecule has 0 saturated carbocycles. The Hall–Kier alpha value is -1.42. The molecule has 0 aliphatic carbocycles. The van der Waals surface area contributed by atoms with Gasteiger partial charge in [-0.25, -0.2) is 0 Å². The molecule has 4 heteroatoms. The Morgan fingerprint density at radius 3 is 2.27 bits per heavy atom. The lowest BCUT2D eigenvalue weighted by molar-refractivity contribution is 0.141. The fourth-order valence-electron chi connectivity index (χ4n) is 3.80. The second kappa shape index (κ2) is 7.23. The molecule has 2 aliphatic heterocycles. The van der Waals surface area contributed by atoms with Crippen LogP contribution in [-0.4, -0.2) is 51.3 Å². The third kappa shape index (κ3) is 3.32. The topological polar surface area (TPSA) is 24.9 Å². The van der Waals surface area contributed by atoms with Crippen molar-refractivity contribution in [2.45, 2.75) is 38.1 Å². The lowest BCUT2D eigenvalue weighted by Gasteiger charge is -2.41. The molecule has 3 rings (SSSR count). The van der Waals surface area contributed by atoms with Crippen LogP contribution in [0.5, 0.6) is 11.5 Å². The van der Waals surface area contributed by atoms with Crippen LogP contribution in [-0.2, 0) is 0 Å². The monoisotopic (exact) mass is 304 g/mol. The van der Waals surface area contributed by atoms with Crippen LogP contribution in [0.2, 0.25) is 0 Å². The van der Waals surface area contributed by atoms with Crippen molar-refractivity contribution in [2.24, 2.45) is 0 Å². The highest BCUT2D eigenvalue weighted by molar-refractivity contribution is 5.61. The van der Waals surface area contributed by atoms with Gasteiger partial charge in [0.15, 0.2) is 0 Å². The number of piperidine rings is 2. The molecule has 0 bridgehead atoms. The molecular weight excluding hydrogens is 276 g/mol. The van der Waals surface area contributed by atoms with E-state index in [0.717, 1.165) is 30.6 Å². The quantitative estimate of drug-likeness (QED) is 0.853. The van der Waals surface area contributed by atoms with E-state index in [1.165, 1.54) is 50.9 Å². The van der Waals surface area contributed by atoms with Crippen molar-refractivity contribution in [2.75, 3.05) is 45.3 Å². The summed E-state index contributed by atoms with van der Waals surface area (Å²) in [5, 5.41) is 0. The first-order valence-corrected chi connectivity index (χ1v) is 8.53. The van der Waals surface area contributed by atoms with Gasteiger partial charge in [-0.2, -0.15) is 0 Å². The number of hydrogen-bond donors (Lipinski definition) is 0. The smallest absolute Gasteiger partial charge is 0.142 e. The van der Waals surface area contributed by atoms with Crippen molar-refractivity contribution < 1.29 is 9.47 Å². The maximum atomic E-state index is 5.53. The molecule has 1 aromatic carbocycles. The van der Waals surface area contributed by atoms with Crippen LogP contribution in [0.15, 0.2) is 18.2 Å². The second-order valence-corrected chi connectivity index (χ2v) is 6.35. The van der Waals surface area contributed by atoms with E-state index in [9.17, 15) is 0 Å². The summed E-state index contributed by atoms with van der Waals surface area (Å²) in [5.41, 5.74) is 1.17. The molecule has 2 fully saturated rings. The van der Waals surface area contributed by atoms with Gasteiger partial charge in [0.2, 0.25) is 0 Å². The van der Waals surface area contributed by atoms with Gasteiger partial charge in [0.25, 0.3) is 0 Å². The van der Waals surface area contributed by atoms with Gasteiger partial charge < -0.3 is 19.3 Å². The van der Waals surface area contributed by atoms with Gasteiger partial charge >= 0.3 is 0 Å². The predicted octanol–water partition coefficient (Wildman–Crippen LogP) is 3.16. The minimum absolute atomic E-state index is 0.771. The largest absolute Gasteiger partial charge is 0.497 e. The molecule has 122 valence electrons. The first-order valence-electron chi connectivity index (χ1n) is 8.53. The van der Waals surface area contributed by atoms with Crippen molar-refractivity contribution in [3.63, 3.8) is 0 Å². The van der Waals surface area contributed by atoms with Crippen LogP contribution in [0.4, 0.5) is 5.69 Å². The Kier molecular flexibility index (Phi) is 5.08. The average molecular weight is 304 g/mol. The Labute approximate surface area is 134 Å². The summed E-state index contributed by atoms with van der Waals surface area (Å²) in [5.74, 6) is 1.84. The third-order valence-corrected chi connectivity index (χ3v) is 5.10. The standard InChI is InChI=1S/C18H28N2O2/c1-21-16-6-7-18(22-2)17(14-16)20-12-8-15(9-13-20)19-10-4-3-5-11-19/h6-7,14-15H,3-5,8-13H2,1-2H3. The fourth-order valence-corrected chi connectivity index (χ4v) is 3.80. The number of likely N-dealkylation sites (tertiary alicyclic amines) is 1. The minimum Gasteiger partial charge on any atom is -0.497 e. The number of hydrogen-bond acceptors (Lipinski definition) is 4. The summed E-state index contributed by atoms with van der Waals surface area (Å²) >= 11 is 0. The summed E-state index contributed by atoms with van der Waals surface area (Å²) in [6.45, 7) is 4.80. The number of methoxy groups -OCH3 is 2. The normalized spacial score (nSPS) is 20.9. The average Bonchev–Trinajstić information content (AvgIpc) is 2.62. The van der Waals surface area contributed by atoms with E-state index >= 15 is 0 Å². The van der Waals surface area contributed by atoms with Gasteiger partial charge in [-0.1, -0.05) is 6.42 Å². The Balaban J connectivity index is 1.65. The van der Waals surface area contributed by atoms with Crippen LogP contribution < -0.4 is 14.4 Å². The van der Waals surface area contributed by atoms with Crippen molar-refractivity contribution in [3.05, 3.63) is 18.2 Å². The maximum absolute atomic E-state index is 5.53. The van der Waals surface area contributed by atoms with Gasteiger partial charge in [0.1, 0.15) is 11.5 Å². The third-order valence-electron chi connectivity index (χ3n) is 5.10. The van der Waals surface area contributed by atoms with Gasteiger partial charge in [-0.15, -0.1) is 0 Å². The zero-order chi connectivity index (χ0) is 15.4. The molecule has 2 heterocycles. The van der Waals surface area contributed by atoms with Crippen LogP contribution in [0.1, 0.15) is 32.1 Å². The maximum Gasteiger partial charge on any atom is 0.142 e. The lowest BCUT2D eigenvalue weighted by Crippen LogP contribution is -2.46. The summed E-state index contributed by atoms with van der Waals surface area (Å²) in [6, 6.07) is 6.83. The zero-order valence-corrected chi connectivity index (χ0v) is 13.9. The molecule has 4 nitrogen and oxygen atoms in total. The first-order chi connectivity index (χ1) is 10.8. The molecule has 0 amide bonds. The molecule has 2 aliphatic rings. The Morgan fingerprint density at radius 2 is 1.64 bits per heavy atom. The van der Waals surface area contributed by atoms with Crippen molar-refractivity contribution in [1.82, 2.24) is 4.90 Å². The fraction of sp³-hybridized carbons (Fsp3) is 0.667. The molecule has 0 N–H and O–H groups in total. The highest BCUT2D eigenvalue weighted by atomic mass is 16.5. The molecule has 2 saturated heterocycles. The highest BCUT2D eigenvalue weighted by Crippen LogP contribution is 2.34. The van der Waals surface area contributed by atoms with E-state index in [2.05, 4.69) is 15.9 Å². The molecule has 0 spiro atoms. The van der Waals surface area contributed by atoms with E-state index in [-0.39, 0.29) is 0 Å². The van der Waals surface area contributed by atoms with E-state index < -0.39 is 0 Å². The Morgan fingerprint density at radius 1 is 0.909 bits per heavy atom. The van der Waals surface area contributed by atoms with E-state index in [0.29, 0.717) is 0 Å². The lowest BCUT2D eigenvalue weighted by atomic mass is 9.99. The van der Waals surface area contributed by atoms with Crippen LogP contribution >= 0.6 is 0 Å². The summed E-state index contributed by atoms with van der Waals surface area (Å²) in [4.78, 5) is 5.16. The summed E-state index contributed by atoms with van der Waals surface area (Å²) < 4.78 is 10.9. The molecule has 0 unspecified atom stereocenters. The van der Waals surface area contributed by atoms with Crippen molar-refractivity contribution >= 4 is 5.69 Å². The van der Waals surface area contributed by atoms with E-state index in [4.69, 9.17) is 9.47 Å². The van der Waals surface area contributed by atoms with Gasteiger partial charge in [0, 0.05) is 25.2 Å². The first kappa shape index (κ1) is 15.5. The number of ether oxygens (including phenoxy) is 2. The minimum atomic E-state index is 0.771. The van der Waals surface area contributed by atoms with Crippen LogP contribution in [0.3, 0.4) is 0 Å².